The van der Waals surface area contributed by atoms with E-state index in [1.165, 1.54) is 45.2 Å². The summed E-state index contributed by atoms with van der Waals surface area (Å²) in [6.07, 6.45) is 8.53. The fourth-order valence-electron chi connectivity index (χ4n) is 3.60. The lowest BCUT2D eigenvalue weighted by Gasteiger charge is -2.23. The molecule has 1 saturated heterocycles. The molecule has 1 N–H and O–H groups in total. The Hall–Kier alpha value is -1.20. The summed E-state index contributed by atoms with van der Waals surface area (Å²) in [7, 11) is 0. The molecule has 0 amide bonds. The van der Waals surface area contributed by atoms with Crippen LogP contribution < -0.4 is 5.32 Å². The van der Waals surface area contributed by atoms with E-state index in [0.717, 1.165) is 22.1 Å². The molecular formula is C15H20N4S. The lowest BCUT2D eigenvalue weighted by atomic mass is 10.2. The van der Waals surface area contributed by atoms with Crippen molar-refractivity contribution < 1.29 is 0 Å². The van der Waals surface area contributed by atoms with Gasteiger partial charge in [-0.25, -0.2) is 9.97 Å². The molecule has 0 bridgehead atoms. The fraction of sp³-hybridized carbons (Fsp3) is 0.600. The van der Waals surface area contributed by atoms with Gasteiger partial charge in [0, 0.05) is 25.2 Å². The van der Waals surface area contributed by atoms with Crippen molar-refractivity contribution in [1.82, 2.24) is 14.9 Å². The Morgan fingerprint density at radius 2 is 2.10 bits per heavy atom. The van der Waals surface area contributed by atoms with Crippen molar-refractivity contribution in [3.63, 3.8) is 0 Å². The quantitative estimate of drug-likeness (QED) is 0.942. The Morgan fingerprint density at radius 3 is 3.00 bits per heavy atom. The number of thiophene rings is 1. The van der Waals surface area contributed by atoms with Gasteiger partial charge in [0.25, 0.3) is 0 Å². The first kappa shape index (κ1) is 12.5. The molecule has 1 aliphatic heterocycles. The zero-order chi connectivity index (χ0) is 13.4. The third kappa shape index (κ3) is 2.29. The molecule has 0 spiro atoms. The number of nitrogens with one attached hydrogen (secondary N) is 1. The molecule has 20 heavy (non-hydrogen) atoms. The lowest BCUT2D eigenvalue weighted by Crippen LogP contribution is -2.33. The Labute approximate surface area is 123 Å². The van der Waals surface area contributed by atoms with E-state index in [0.29, 0.717) is 6.04 Å². The van der Waals surface area contributed by atoms with Crippen molar-refractivity contribution in [2.24, 2.45) is 0 Å². The van der Waals surface area contributed by atoms with E-state index in [1.54, 1.807) is 17.7 Å². The summed E-state index contributed by atoms with van der Waals surface area (Å²) in [6.45, 7) is 2.40. The van der Waals surface area contributed by atoms with Gasteiger partial charge >= 0.3 is 0 Å². The maximum atomic E-state index is 4.43. The smallest absolute Gasteiger partial charge is 0.138 e. The molecule has 4 rings (SSSR count). The highest BCUT2D eigenvalue weighted by Gasteiger charge is 2.30. The summed E-state index contributed by atoms with van der Waals surface area (Å²) in [4.78, 5) is 12.5. The monoisotopic (exact) mass is 288 g/mol. The molecule has 3 heterocycles. The second-order valence-electron chi connectivity index (χ2n) is 5.92. The number of likely N-dealkylation sites (tertiary alicyclic amines) is 1. The molecule has 4 nitrogen and oxygen atoms in total. The van der Waals surface area contributed by atoms with E-state index < -0.39 is 0 Å². The lowest BCUT2D eigenvalue weighted by molar-refractivity contribution is 0.245. The number of hydrogen-bond acceptors (Lipinski definition) is 5. The van der Waals surface area contributed by atoms with Gasteiger partial charge in [-0.05, 0) is 30.7 Å². The highest BCUT2D eigenvalue weighted by atomic mass is 32.1. The average molecular weight is 288 g/mol. The first-order valence-electron chi connectivity index (χ1n) is 7.59. The van der Waals surface area contributed by atoms with Crippen LogP contribution in [-0.2, 0) is 0 Å². The molecule has 2 fully saturated rings. The number of nitrogens with zero attached hydrogens (tertiary/aromatic N) is 3. The van der Waals surface area contributed by atoms with Crippen molar-refractivity contribution in [2.75, 3.05) is 18.4 Å². The van der Waals surface area contributed by atoms with Gasteiger partial charge in [0.1, 0.15) is 17.0 Å². The van der Waals surface area contributed by atoms with Gasteiger partial charge in [-0.15, -0.1) is 11.3 Å². The molecule has 0 radical (unpaired) electrons. The molecular weight excluding hydrogens is 268 g/mol. The summed E-state index contributed by atoms with van der Waals surface area (Å²) >= 11 is 1.68. The van der Waals surface area contributed by atoms with Gasteiger partial charge < -0.3 is 5.32 Å². The molecule has 1 atom stereocenters. The average Bonchev–Trinajstić information content (AvgIpc) is 3.20. The minimum Gasteiger partial charge on any atom is -0.365 e. The van der Waals surface area contributed by atoms with Crippen LogP contribution in [0.1, 0.15) is 32.1 Å². The summed E-state index contributed by atoms with van der Waals surface area (Å²) in [5.74, 6) is 1.01. The largest absolute Gasteiger partial charge is 0.365 e. The zero-order valence-electron chi connectivity index (χ0n) is 11.6. The molecule has 2 aromatic rings. The summed E-state index contributed by atoms with van der Waals surface area (Å²) in [6, 6.07) is 3.49. The number of anilines is 1. The van der Waals surface area contributed by atoms with Crippen LogP contribution in [0, 0.1) is 0 Å². The molecule has 1 aliphatic carbocycles. The minimum atomic E-state index is 0.536. The van der Waals surface area contributed by atoms with E-state index in [4.69, 9.17) is 0 Å². The highest BCUT2D eigenvalue weighted by molar-refractivity contribution is 7.16. The summed E-state index contributed by atoms with van der Waals surface area (Å²) < 4.78 is 0. The van der Waals surface area contributed by atoms with Crippen LogP contribution in [0.15, 0.2) is 17.8 Å². The van der Waals surface area contributed by atoms with E-state index in [-0.39, 0.29) is 0 Å². The zero-order valence-corrected chi connectivity index (χ0v) is 12.4. The van der Waals surface area contributed by atoms with E-state index >= 15 is 0 Å². The third-order valence-electron chi connectivity index (χ3n) is 4.66. The molecule has 2 aromatic heterocycles. The highest BCUT2D eigenvalue weighted by Crippen LogP contribution is 2.29. The molecule has 2 aliphatic rings. The molecule has 1 saturated carbocycles. The standard InChI is InChI=1S/C15H20N4S/c1-2-4-12(3-1)19-7-5-11(9-19)18-14-13-6-8-20-15(13)17-10-16-14/h6,8,10-12H,1-5,7,9H2,(H,16,17,18). The Balaban J connectivity index is 1.46. The predicted octanol–water partition coefficient (Wildman–Crippen LogP) is 3.12. The van der Waals surface area contributed by atoms with Gasteiger partial charge in [-0.1, -0.05) is 12.8 Å². The Kier molecular flexibility index (Phi) is 3.32. The van der Waals surface area contributed by atoms with Crippen LogP contribution in [-0.4, -0.2) is 40.0 Å². The number of rotatable bonds is 3. The van der Waals surface area contributed by atoms with Crippen LogP contribution in [0.2, 0.25) is 0 Å². The van der Waals surface area contributed by atoms with Crippen molar-refractivity contribution in [1.29, 1.82) is 0 Å². The molecule has 5 heteroatoms. The topological polar surface area (TPSA) is 41.1 Å². The van der Waals surface area contributed by atoms with Crippen molar-refractivity contribution in [3.05, 3.63) is 17.8 Å². The number of fused-ring (bicyclic) bond motifs is 1. The Morgan fingerprint density at radius 1 is 1.20 bits per heavy atom. The van der Waals surface area contributed by atoms with Gasteiger partial charge in [-0.2, -0.15) is 0 Å². The second kappa shape index (κ2) is 5.30. The van der Waals surface area contributed by atoms with Gasteiger partial charge in [-0.3, -0.25) is 4.90 Å². The van der Waals surface area contributed by atoms with Crippen LogP contribution in [0.3, 0.4) is 0 Å². The van der Waals surface area contributed by atoms with Crippen LogP contribution in [0.25, 0.3) is 10.2 Å². The Bertz CT molecular complexity index is 590. The molecule has 0 aromatic carbocycles. The van der Waals surface area contributed by atoms with E-state index in [9.17, 15) is 0 Å². The predicted molar refractivity (Wildman–Crippen MR) is 83.3 cm³/mol. The summed E-state index contributed by atoms with van der Waals surface area (Å²) in [5.41, 5.74) is 0. The first-order chi connectivity index (χ1) is 9.90. The van der Waals surface area contributed by atoms with Crippen LogP contribution in [0.4, 0.5) is 5.82 Å². The molecule has 106 valence electrons. The normalized spacial score (nSPS) is 24.7. The molecule has 1 unspecified atom stereocenters. The van der Waals surface area contributed by atoms with Crippen LogP contribution >= 0.6 is 11.3 Å². The van der Waals surface area contributed by atoms with Crippen molar-refractivity contribution in [2.45, 2.75) is 44.2 Å². The van der Waals surface area contributed by atoms with Crippen molar-refractivity contribution in [3.8, 4) is 0 Å². The van der Waals surface area contributed by atoms with Crippen LogP contribution in [0.5, 0.6) is 0 Å². The van der Waals surface area contributed by atoms with Crippen molar-refractivity contribution >= 4 is 27.4 Å². The maximum Gasteiger partial charge on any atom is 0.138 e. The fourth-order valence-corrected chi connectivity index (χ4v) is 4.34. The number of aromatic nitrogens is 2. The van der Waals surface area contributed by atoms with Gasteiger partial charge in [0.15, 0.2) is 0 Å². The van der Waals surface area contributed by atoms with Gasteiger partial charge in [0.2, 0.25) is 0 Å². The second-order valence-corrected chi connectivity index (χ2v) is 6.82. The van der Waals surface area contributed by atoms with E-state index in [2.05, 4.69) is 31.6 Å². The maximum absolute atomic E-state index is 4.43. The number of hydrogen-bond donors (Lipinski definition) is 1. The SMILES string of the molecule is c1nc(NC2CCN(C3CCCC3)C2)c2ccsc2n1. The first-order valence-corrected chi connectivity index (χ1v) is 8.47. The third-order valence-corrected chi connectivity index (χ3v) is 5.48. The summed E-state index contributed by atoms with van der Waals surface area (Å²) in [5, 5.41) is 6.89. The van der Waals surface area contributed by atoms with E-state index in [1.807, 2.05) is 0 Å². The van der Waals surface area contributed by atoms with Gasteiger partial charge in [0.05, 0.1) is 5.39 Å². The minimum absolute atomic E-state index is 0.536.